The zero-order valence-electron chi connectivity index (χ0n) is 8.21. The average molecular weight is 165 g/mol. The largest absolute Gasteiger partial charge is 0.300 e. The molecule has 2 heterocycles. The molecule has 0 unspecified atom stereocenters. The van der Waals surface area contributed by atoms with Gasteiger partial charge < -0.3 is 0 Å². The van der Waals surface area contributed by atoms with E-state index in [1.165, 1.54) is 32.1 Å². The van der Waals surface area contributed by atoms with Crippen LogP contribution >= 0.6 is 0 Å². The van der Waals surface area contributed by atoms with Crippen molar-refractivity contribution in [2.24, 2.45) is 0 Å². The van der Waals surface area contributed by atoms with Crippen molar-refractivity contribution in [3.05, 3.63) is 11.6 Å². The minimum absolute atomic E-state index is 0.865. The minimum Gasteiger partial charge on any atom is -0.300 e. The van der Waals surface area contributed by atoms with Crippen molar-refractivity contribution in [3.8, 4) is 0 Å². The van der Waals surface area contributed by atoms with Gasteiger partial charge in [0.15, 0.2) is 0 Å². The summed E-state index contributed by atoms with van der Waals surface area (Å²) >= 11 is 0. The van der Waals surface area contributed by atoms with E-state index in [0.717, 1.165) is 12.1 Å². The molecule has 0 saturated carbocycles. The first-order chi connectivity index (χ1) is 5.81. The van der Waals surface area contributed by atoms with Gasteiger partial charge in [-0.3, -0.25) is 4.90 Å². The first-order valence-electron chi connectivity index (χ1n) is 5.17. The number of fused-ring (bicyclic) bond motifs is 2. The summed E-state index contributed by atoms with van der Waals surface area (Å²) in [5.41, 5.74) is 1.70. The maximum absolute atomic E-state index is 2.61. The van der Waals surface area contributed by atoms with Crippen LogP contribution in [0.4, 0.5) is 0 Å². The summed E-state index contributed by atoms with van der Waals surface area (Å²) in [5, 5.41) is 0. The van der Waals surface area contributed by atoms with Crippen molar-refractivity contribution in [2.45, 2.75) is 51.1 Å². The fourth-order valence-electron chi connectivity index (χ4n) is 2.71. The van der Waals surface area contributed by atoms with E-state index in [9.17, 15) is 0 Å². The third kappa shape index (κ3) is 1.31. The van der Waals surface area contributed by atoms with Crippen molar-refractivity contribution < 1.29 is 0 Å². The number of rotatable bonds is 0. The first-order valence-corrected chi connectivity index (χ1v) is 5.17. The molecule has 0 N–H and O–H groups in total. The van der Waals surface area contributed by atoms with Crippen LogP contribution in [0, 0.1) is 0 Å². The molecule has 0 radical (unpaired) electrons. The van der Waals surface area contributed by atoms with Crippen LogP contribution in [0.2, 0.25) is 0 Å². The van der Waals surface area contributed by atoms with Gasteiger partial charge in [0.05, 0.1) is 0 Å². The van der Waals surface area contributed by atoms with Crippen LogP contribution in [0.1, 0.15) is 39.0 Å². The van der Waals surface area contributed by atoms with Crippen molar-refractivity contribution in [1.82, 2.24) is 4.90 Å². The van der Waals surface area contributed by atoms with E-state index >= 15 is 0 Å². The quantitative estimate of drug-likeness (QED) is 0.499. The van der Waals surface area contributed by atoms with Crippen molar-refractivity contribution in [1.29, 1.82) is 0 Å². The smallest absolute Gasteiger partial charge is 0.0132 e. The summed E-state index contributed by atoms with van der Waals surface area (Å²) in [6, 6.07) is 1.73. The SMILES string of the molecule is CC=C1C[C@H]2CCC[C@@H](C1)N2C. The molecule has 1 nitrogen and oxygen atoms in total. The zero-order valence-corrected chi connectivity index (χ0v) is 8.21. The molecule has 68 valence electrons. The second-order valence-electron chi connectivity index (χ2n) is 4.26. The number of nitrogens with zero attached hydrogens (tertiary/aromatic N) is 1. The molecule has 0 amide bonds. The van der Waals surface area contributed by atoms with E-state index in [-0.39, 0.29) is 0 Å². The van der Waals surface area contributed by atoms with Gasteiger partial charge in [0.25, 0.3) is 0 Å². The van der Waals surface area contributed by atoms with E-state index in [4.69, 9.17) is 0 Å². The second-order valence-corrected chi connectivity index (χ2v) is 4.26. The van der Waals surface area contributed by atoms with E-state index < -0.39 is 0 Å². The monoisotopic (exact) mass is 165 g/mol. The summed E-state index contributed by atoms with van der Waals surface area (Å²) in [6.45, 7) is 2.19. The Morgan fingerprint density at radius 1 is 1.25 bits per heavy atom. The van der Waals surface area contributed by atoms with Gasteiger partial charge in [0.1, 0.15) is 0 Å². The molecule has 0 spiro atoms. The molecule has 0 aromatic rings. The molecular formula is C11H19N. The van der Waals surface area contributed by atoms with E-state index in [0.29, 0.717) is 0 Å². The van der Waals surface area contributed by atoms with Crippen LogP contribution in [0.3, 0.4) is 0 Å². The lowest BCUT2D eigenvalue weighted by molar-refractivity contribution is 0.0906. The van der Waals surface area contributed by atoms with Gasteiger partial charge in [-0.1, -0.05) is 18.1 Å². The minimum atomic E-state index is 0.865. The lowest BCUT2D eigenvalue weighted by Crippen LogP contribution is -2.47. The van der Waals surface area contributed by atoms with Crippen LogP contribution in [0.25, 0.3) is 0 Å². The predicted molar refractivity (Wildman–Crippen MR) is 52.2 cm³/mol. The van der Waals surface area contributed by atoms with Gasteiger partial charge in [-0.05, 0) is 39.7 Å². The van der Waals surface area contributed by atoms with Gasteiger partial charge in [-0.25, -0.2) is 0 Å². The lowest BCUT2D eigenvalue weighted by Gasteiger charge is -2.45. The Kier molecular flexibility index (Phi) is 2.22. The topological polar surface area (TPSA) is 3.24 Å². The number of piperidine rings is 2. The summed E-state index contributed by atoms with van der Waals surface area (Å²) in [6.07, 6.45) is 9.30. The number of hydrogen-bond acceptors (Lipinski definition) is 1. The molecule has 0 aromatic carbocycles. The van der Waals surface area contributed by atoms with Gasteiger partial charge in [0.2, 0.25) is 0 Å². The molecule has 2 rings (SSSR count). The molecule has 0 aromatic heterocycles. The van der Waals surface area contributed by atoms with Gasteiger partial charge >= 0.3 is 0 Å². The number of allylic oxidation sites excluding steroid dienone is 1. The summed E-state index contributed by atoms with van der Waals surface area (Å²) in [4.78, 5) is 2.61. The Hall–Kier alpha value is -0.300. The Morgan fingerprint density at radius 2 is 1.83 bits per heavy atom. The van der Waals surface area contributed by atoms with Gasteiger partial charge in [-0.15, -0.1) is 0 Å². The highest BCUT2D eigenvalue weighted by molar-refractivity contribution is 5.11. The van der Waals surface area contributed by atoms with Gasteiger partial charge in [0, 0.05) is 12.1 Å². The van der Waals surface area contributed by atoms with Crippen LogP contribution < -0.4 is 0 Å². The van der Waals surface area contributed by atoms with Crippen molar-refractivity contribution in [3.63, 3.8) is 0 Å². The van der Waals surface area contributed by atoms with E-state index in [1.54, 1.807) is 5.57 Å². The Balaban J connectivity index is 2.12. The summed E-state index contributed by atoms with van der Waals surface area (Å²) in [5.74, 6) is 0. The zero-order chi connectivity index (χ0) is 8.55. The fourth-order valence-corrected chi connectivity index (χ4v) is 2.71. The Labute approximate surface area is 75.4 Å². The third-order valence-corrected chi connectivity index (χ3v) is 3.63. The van der Waals surface area contributed by atoms with Gasteiger partial charge in [-0.2, -0.15) is 0 Å². The molecule has 2 saturated heterocycles. The molecule has 2 atom stereocenters. The maximum atomic E-state index is 2.61. The normalized spacial score (nSPS) is 40.3. The highest BCUT2D eigenvalue weighted by atomic mass is 15.2. The molecular weight excluding hydrogens is 146 g/mol. The Bertz CT molecular complexity index is 179. The second kappa shape index (κ2) is 3.21. The van der Waals surface area contributed by atoms with Crippen LogP contribution in [0.5, 0.6) is 0 Å². The molecule has 12 heavy (non-hydrogen) atoms. The predicted octanol–water partition coefficient (Wildman–Crippen LogP) is 2.58. The Morgan fingerprint density at radius 3 is 2.33 bits per heavy atom. The first kappa shape index (κ1) is 8.31. The molecule has 0 aliphatic carbocycles. The summed E-state index contributed by atoms with van der Waals surface area (Å²) in [7, 11) is 2.31. The van der Waals surface area contributed by atoms with Crippen molar-refractivity contribution in [2.75, 3.05) is 7.05 Å². The van der Waals surface area contributed by atoms with E-state index in [2.05, 4.69) is 24.9 Å². The van der Waals surface area contributed by atoms with Crippen LogP contribution in [-0.2, 0) is 0 Å². The molecule has 2 fully saturated rings. The fraction of sp³-hybridized carbons (Fsp3) is 0.818. The molecule has 2 bridgehead atoms. The molecule has 2 aliphatic heterocycles. The van der Waals surface area contributed by atoms with Crippen LogP contribution in [0.15, 0.2) is 11.6 Å². The standard InChI is InChI=1S/C11H19N/c1-3-9-7-10-5-4-6-11(8-9)12(10)2/h3,10-11H,4-8H2,1-2H3/t10-,11+. The van der Waals surface area contributed by atoms with E-state index in [1.807, 2.05) is 0 Å². The third-order valence-electron chi connectivity index (χ3n) is 3.63. The number of hydrogen-bond donors (Lipinski definition) is 0. The highest BCUT2D eigenvalue weighted by Crippen LogP contribution is 2.35. The summed E-state index contributed by atoms with van der Waals surface area (Å²) < 4.78 is 0. The average Bonchev–Trinajstić information content (AvgIpc) is 2.04. The lowest BCUT2D eigenvalue weighted by atomic mass is 9.82. The highest BCUT2D eigenvalue weighted by Gasteiger charge is 2.32. The van der Waals surface area contributed by atoms with Crippen LogP contribution in [-0.4, -0.2) is 24.0 Å². The van der Waals surface area contributed by atoms with Crippen molar-refractivity contribution >= 4 is 0 Å². The maximum Gasteiger partial charge on any atom is 0.0132 e. The molecule has 1 heteroatoms. The molecule has 2 aliphatic rings.